The molecular weight excluding hydrogens is 320 g/mol. The Morgan fingerprint density at radius 2 is 2.24 bits per heavy atom. The number of piperidine rings is 1. The van der Waals surface area contributed by atoms with E-state index in [0.29, 0.717) is 18.3 Å². The molecule has 0 saturated carbocycles. The molecule has 1 saturated heterocycles. The van der Waals surface area contributed by atoms with Crippen molar-refractivity contribution < 1.29 is 9.32 Å². The number of amides is 2. The molecule has 3 rings (SSSR count). The summed E-state index contributed by atoms with van der Waals surface area (Å²) in [5.41, 5.74) is -0.192. The number of nitrogens with one attached hydrogen (secondary N) is 2. The molecule has 2 aromatic rings. The maximum Gasteiger partial charge on any atom is 0.318 e. The van der Waals surface area contributed by atoms with E-state index in [1.807, 2.05) is 32.6 Å². The van der Waals surface area contributed by atoms with E-state index in [0.717, 1.165) is 25.1 Å². The van der Waals surface area contributed by atoms with Crippen molar-refractivity contribution >= 4 is 6.03 Å². The number of aromatic amines is 1. The normalized spacial score (nSPS) is 19.7. The highest BCUT2D eigenvalue weighted by Gasteiger charge is 2.31. The molecule has 2 N–H and O–H groups in total. The molecule has 0 aliphatic carbocycles. The van der Waals surface area contributed by atoms with Gasteiger partial charge in [-0.15, -0.1) is 0 Å². The van der Waals surface area contributed by atoms with Crippen LogP contribution in [0.2, 0.25) is 0 Å². The van der Waals surface area contributed by atoms with Crippen LogP contribution in [0.5, 0.6) is 0 Å². The summed E-state index contributed by atoms with van der Waals surface area (Å²) < 4.78 is 5.33. The number of carbonyl (C=O) groups is 1. The Morgan fingerprint density at radius 1 is 1.44 bits per heavy atom. The summed E-state index contributed by atoms with van der Waals surface area (Å²) in [4.78, 5) is 26.5. The van der Waals surface area contributed by atoms with E-state index in [-0.39, 0.29) is 23.5 Å². The predicted molar refractivity (Wildman–Crippen MR) is 91.8 cm³/mol. The topological polar surface area (TPSA) is 99.9 Å². The molecule has 0 aromatic carbocycles. The van der Waals surface area contributed by atoms with Gasteiger partial charge in [0.15, 0.2) is 5.82 Å². The third-order valence-electron chi connectivity index (χ3n) is 4.42. The Kier molecular flexibility index (Phi) is 4.78. The molecule has 1 aliphatic heterocycles. The van der Waals surface area contributed by atoms with Crippen molar-refractivity contribution in [2.75, 3.05) is 6.54 Å². The Hall–Kier alpha value is -2.38. The van der Waals surface area contributed by atoms with Crippen LogP contribution in [0.4, 0.5) is 4.79 Å². The number of likely N-dealkylation sites (tertiary alicyclic amines) is 1. The van der Waals surface area contributed by atoms with Crippen molar-refractivity contribution in [1.29, 1.82) is 0 Å². The Bertz CT molecular complexity index is 703. The first-order valence-electron chi connectivity index (χ1n) is 8.77. The predicted octanol–water partition coefficient (Wildman–Crippen LogP) is 3.09. The van der Waals surface area contributed by atoms with Crippen molar-refractivity contribution in [2.45, 2.75) is 64.5 Å². The van der Waals surface area contributed by atoms with E-state index >= 15 is 0 Å². The number of aromatic nitrogens is 4. The van der Waals surface area contributed by atoms with E-state index in [1.54, 1.807) is 12.4 Å². The quantitative estimate of drug-likeness (QED) is 0.889. The van der Waals surface area contributed by atoms with Crippen molar-refractivity contribution in [3.8, 4) is 0 Å². The standard InChI is InChI=1S/C17H26N6O2/c1-11(14-21-15(22-25-14)17(2,3)4)20-16(24)23-10-6-5-7-12(23)13-18-8-9-19-13/h8-9,11-12H,5-7,10H2,1-4H3,(H,18,19)(H,20,24)/t11-,12-/m1/s1. The first-order valence-corrected chi connectivity index (χ1v) is 8.77. The fourth-order valence-electron chi connectivity index (χ4n) is 2.96. The molecule has 2 atom stereocenters. The lowest BCUT2D eigenvalue weighted by Crippen LogP contribution is -2.45. The molecule has 136 valence electrons. The first kappa shape index (κ1) is 17.4. The van der Waals surface area contributed by atoms with E-state index < -0.39 is 0 Å². The average Bonchev–Trinajstić information content (AvgIpc) is 3.26. The third-order valence-corrected chi connectivity index (χ3v) is 4.42. The molecule has 2 amide bonds. The highest BCUT2D eigenvalue weighted by molar-refractivity contribution is 5.75. The Morgan fingerprint density at radius 3 is 2.88 bits per heavy atom. The molecule has 0 bridgehead atoms. The van der Waals surface area contributed by atoms with E-state index in [9.17, 15) is 4.79 Å². The smallest absolute Gasteiger partial charge is 0.318 e. The summed E-state index contributed by atoms with van der Waals surface area (Å²) in [6, 6.07) is -0.511. The fraction of sp³-hybridized carbons (Fsp3) is 0.647. The summed E-state index contributed by atoms with van der Waals surface area (Å²) >= 11 is 0. The van der Waals surface area contributed by atoms with Gasteiger partial charge in [0.25, 0.3) is 0 Å². The molecule has 0 unspecified atom stereocenters. The van der Waals surface area contributed by atoms with Gasteiger partial charge in [-0.1, -0.05) is 25.9 Å². The molecule has 2 aromatic heterocycles. The van der Waals surface area contributed by atoms with Crippen LogP contribution >= 0.6 is 0 Å². The van der Waals surface area contributed by atoms with Gasteiger partial charge < -0.3 is 19.7 Å². The molecule has 0 spiro atoms. The van der Waals surface area contributed by atoms with Gasteiger partial charge in [-0.05, 0) is 26.2 Å². The highest BCUT2D eigenvalue weighted by atomic mass is 16.5. The van der Waals surface area contributed by atoms with Crippen LogP contribution in [0.25, 0.3) is 0 Å². The number of urea groups is 1. The Labute approximate surface area is 147 Å². The third kappa shape index (κ3) is 3.83. The Balaban J connectivity index is 1.69. The lowest BCUT2D eigenvalue weighted by atomic mass is 9.96. The molecule has 1 fully saturated rings. The maximum atomic E-state index is 12.8. The van der Waals surface area contributed by atoms with E-state index in [4.69, 9.17) is 4.52 Å². The van der Waals surface area contributed by atoms with Crippen molar-refractivity contribution in [1.82, 2.24) is 30.3 Å². The zero-order chi connectivity index (χ0) is 18.0. The summed E-state index contributed by atoms with van der Waals surface area (Å²) in [5.74, 6) is 1.88. The van der Waals surface area contributed by atoms with Gasteiger partial charge in [-0.2, -0.15) is 4.98 Å². The lowest BCUT2D eigenvalue weighted by Gasteiger charge is -2.35. The van der Waals surface area contributed by atoms with Gasteiger partial charge in [0.1, 0.15) is 11.9 Å². The summed E-state index contributed by atoms with van der Waals surface area (Å²) in [5, 5.41) is 6.99. The van der Waals surface area contributed by atoms with Gasteiger partial charge >= 0.3 is 6.03 Å². The van der Waals surface area contributed by atoms with Crippen LogP contribution in [0.1, 0.15) is 76.6 Å². The van der Waals surface area contributed by atoms with Crippen molar-refractivity contribution in [2.24, 2.45) is 0 Å². The minimum atomic E-state index is -0.352. The molecule has 1 aliphatic rings. The molecule has 8 heteroatoms. The van der Waals surface area contributed by atoms with Crippen molar-refractivity contribution in [3.63, 3.8) is 0 Å². The molecule has 3 heterocycles. The summed E-state index contributed by atoms with van der Waals surface area (Å²) in [6.45, 7) is 8.62. The van der Waals surface area contributed by atoms with E-state index in [1.165, 1.54) is 0 Å². The largest absolute Gasteiger partial charge is 0.347 e. The van der Waals surface area contributed by atoms with Crippen molar-refractivity contribution in [3.05, 3.63) is 29.9 Å². The monoisotopic (exact) mass is 346 g/mol. The van der Waals surface area contributed by atoms with Gasteiger partial charge in [0.2, 0.25) is 5.89 Å². The van der Waals surface area contributed by atoms with Crippen LogP contribution < -0.4 is 5.32 Å². The molecule has 0 radical (unpaired) electrons. The number of carbonyl (C=O) groups excluding carboxylic acids is 1. The van der Waals surface area contributed by atoms with E-state index in [2.05, 4.69) is 25.4 Å². The number of hydrogen-bond donors (Lipinski definition) is 2. The average molecular weight is 346 g/mol. The zero-order valence-electron chi connectivity index (χ0n) is 15.2. The second kappa shape index (κ2) is 6.85. The van der Waals surface area contributed by atoms with Crippen LogP contribution in [-0.4, -0.2) is 37.6 Å². The number of imidazole rings is 1. The zero-order valence-corrected chi connectivity index (χ0v) is 15.2. The number of nitrogens with zero attached hydrogens (tertiary/aromatic N) is 4. The molecule has 25 heavy (non-hydrogen) atoms. The number of rotatable bonds is 3. The minimum absolute atomic E-state index is 0.0243. The summed E-state index contributed by atoms with van der Waals surface area (Å²) in [7, 11) is 0. The lowest BCUT2D eigenvalue weighted by molar-refractivity contribution is 0.143. The second-order valence-corrected chi connectivity index (χ2v) is 7.56. The van der Waals surface area contributed by atoms with Gasteiger partial charge in [0.05, 0.1) is 6.04 Å². The number of H-pyrrole nitrogens is 1. The first-order chi connectivity index (χ1) is 11.9. The molecular formula is C17H26N6O2. The van der Waals surface area contributed by atoms with Gasteiger partial charge in [0, 0.05) is 24.4 Å². The van der Waals surface area contributed by atoms with Crippen LogP contribution in [0, 0.1) is 0 Å². The number of hydrogen-bond acceptors (Lipinski definition) is 5. The van der Waals surface area contributed by atoms with Crippen LogP contribution in [0.3, 0.4) is 0 Å². The van der Waals surface area contributed by atoms with Crippen LogP contribution in [0.15, 0.2) is 16.9 Å². The highest BCUT2D eigenvalue weighted by Crippen LogP contribution is 2.29. The second-order valence-electron chi connectivity index (χ2n) is 7.56. The van der Waals surface area contributed by atoms with Gasteiger partial charge in [-0.25, -0.2) is 9.78 Å². The molecule has 8 nitrogen and oxygen atoms in total. The SMILES string of the molecule is C[C@@H](NC(=O)N1CCCC[C@@H]1c1ncc[nH]1)c1nc(C(C)(C)C)no1. The fourth-order valence-corrected chi connectivity index (χ4v) is 2.96. The van der Waals surface area contributed by atoms with Gasteiger partial charge in [-0.3, -0.25) is 0 Å². The summed E-state index contributed by atoms with van der Waals surface area (Å²) in [6.07, 6.45) is 6.49. The maximum absolute atomic E-state index is 12.8. The van der Waals surface area contributed by atoms with Crippen LogP contribution in [-0.2, 0) is 5.41 Å². The minimum Gasteiger partial charge on any atom is -0.347 e.